The van der Waals surface area contributed by atoms with Crippen molar-refractivity contribution < 1.29 is 37.8 Å². The van der Waals surface area contributed by atoms with Crippen LogP contribution in [0, 0.1) is 11.3 Å². The highest BCUT2D eigenvalue weighted by atomic mass is 32.2. The lowest BCUT2D eigenvalue weighted by molar-refractivity contribution is -0.163. The Hall–Kier alpha value is -2.37. The van der Waals surface area contributed by atoms with Crippen LogP contribution in [0.3, 0.4) is 0 Å². The number of hydrogen-bond donors (Lipinski definition) is 2. The third-order valence-electron chi connectivity index (χ3n) is 6.56. The predicted molar refractivity (Wildman–Crippen MR) is 109 cm³/mol. The summed E-state index contributed by atoms with van der Waals surface area (Å²) in [5.41, 5.74) is 0.610. The molecule has 10 nitrogen and oxygen atoms in total. The number of nitrogens with zero attached hydrogens (tertiary/aromatic N) is 2. The van der Waals surface area contributed by atoms with E-state index in [-0.39, 0.29) is 32.3 Å². The molecule has 3 rings (SSSR count). The standard InChI is InChI=1S/C20H28N2O8S/c1-4-20(19(24)25)9-15(20)16(22(26)12-23)11-31(27,28)21-6-5-13-7-17(29-2)18(30-3)8-14(13)10-21/h7-8,12,15-16,26H,4-6,9-11H2,1-3H3,(H,24,25). The summed E-state index contributed by atoms with van der Waals surface area (Å²) >= 11 is 0. The second kappa shape index (κ2) is 8.64. The Morgan fingerprint density at radius 2 is 1.94 bits per heavy atom. The van der Waals surface area contributed by atoms with Crippen LogP contribution in [-0.2, 0) is 32.6 Å². The maximum Gasteiger partial charge on any atom is 0.309 e. The van der Waals surface area contributed by atoms with Crippen molar-refractivity contribution in [3.63, 3.8) is 0 Å². The zero-order chi connectivity index (χ0) is 23.0. The molecule has 0 radical (unpaired) electrons. The summed E-state index contributed by atoms with van der Waals surface area (Å²) in [6, 6.07) is 2.44. The zero-order valence-corrected chi connectivity index (χ0v) is 18.6. The van der Waals surface area contributed by atoms with E-state index in [1.165, 1.54) is 18.5 Å². The first-order valence-electron chi connectivity index (χ1n) is 10.0. The highest BCUT2D eigenvalue weighted by Crippen LogP contribution is 2.58. The number of benzene rings is 1. The second-order valence-electron chi connectivity index (χ2n) is 8.02. The van der Waals surface area contributed by atoms with Crippen LogP contribution in [0.1, 0.15) is 30.9 Å². The summed E-state index contributed by atoms with van der Waals surface area (Å²) in [6.07, 6.45) is 1.09. The van der Waals surface area contributed by atoms with Gasteiger partial charge in [-0.1, -0.05) is 6.92 Å². The predicted octanol–water partition coefficient (Wildman–Crippen LogP) is 1.11. The van der Waals surface area contributed by atoms with E-state index in [4.69, 9.17) is 9.47 Å². The van der Waals surface area contributed by atoms with Crippen LogP contribution < -0.4 is 9.47 Å². The van der Waals surface area contributed by atoms with Crippen LogP contribution in [0.25, 0.3) is 0 Å². The van der Waals surface area contributed by atoms with Crippen molar-refractivity contribution in [2.45, 2.75) is 38.8 Å². The first-order chi connectivity index (χ1) is 14.6. The fraction of sp³-hybridized carbons (Fsp3) is 0.600. The third-order valence-corrected chi connectivity index (χ3v) is 8.42. The SMILES string of the molecule is CCC1(C(=O)O)CC1C(CS(=O)(=O)N1CCc2cc(OC)c(OC)cc2C1)N(O)C=O. The van der Waals surface area contributed by atoms with Gasteiger partial charge in [0.05, 0.1) is 31.4 Å². The van der Waals surface area contributed by atoms with Crippen LogP contribution in [0.5, 0.6) is 11.5 Å². The Morgan fingerprint density at radius 1 is 1.32 bits per heavy atom. The number of fused-ring (bicyclic) bond motifs is 1. The lowest BCUT2D eigenvalue weighted by Crippen LogP contribution is -2.46. The van der Waals surface area contributed by atoms with Crippen LogP contribution in [-0.4, -0.2) is 73.0 Å². The molecule has 1 amide bonds. The van der Waals surface area contributed by atoms with Crippen molar-refractivity contribution in [3.05, 3.63) is 23.3 Å². The molecule has 0 aromatic heterocycles. The number of hydrogen-bond acceptors (Lipinski definition) is 7. The number of hydroxylamine groups is 2. The summed E-state index contributed by atoms with van der Waals surface area (Å²) in [5, 5.41) is 19.9. The molecule has 1 aliphatic carbocycles. The number of amides is 1. The van der Waals surface area contributed by atoms with Gasteiger partial charge in [0.15, 0.2) is 11.5 Å². The molecule has 0 saturated heterocycles. The van der Waals surface area contributed by atoms with Gasteiger partial charge in [0.1, 0.15) is 0 Å². The van der Waals surface area contributed by atoms with E-state index >= 15 is 0 Å². The lowest BCUT2D eigenvalue weighted by atomic mass is 9.97. The molecule has 3 unspecified atom stereocenters. The van der Waals surface area contributed by atoms with Gasteiger partial charge in [-0.15, -0.1) is 0 Å². The molecular formula is C20H28N2O8S. The molecule has 1 aromatic carbocycles. The molecule has 1 saturated carbocycles. The van der Waals surface area contributed by atoms with Gasteiger partial charge in [-0.3, -0.25) is 14.8 Å². The van der Waals surface area contributed by atoms with Gasteiger partial charge in [0.25, 0.3) is 0 Å². The van der Waals surface area contributed by atoms with Crippen molar-refractivity contribution in [2.75, 3.05) is 26.5 Å². The van der Waals surface area contributed by atoms with E-state index in [9.17, 15) is 28.3 Å². The van der Waals surface area contributed by atoms with Gasteiger partial charge >= 0.3 is 5.97 Å². The normalized spacial score (nSPS) is 24.1. The van der Waals surface area contributed by atoms with E-state index in [2.05, 4.69) is 0 Å². The molecule has 2 aliphatic rings. The Kier molecular flexibility index (Phi) is 6.49. The lowest BCUT2D eigenvalue weighted by Gasteiger charge is -2.31. The molecule has 11 heteroatoms. The Bertz CT molecular complexity index is 966. The smallest absolute Gasteiger partial charge is 0.309 e. The molecule has 2 N–H and O–H groups in total. The van der Waals surface area contributed by atoms with E-state index in [0.29, 0.717) is 23.0 Å². The van der Waals surface area contributed by atoms with Gasteiger partial charge < -0.3 is 14.6 Å². The van der Waals surface area contributed by atoms with Gasteiger partial charge in [-0.2, -0.15) is 4.31 Å². The molecule has 1 fully saturated rings. The maximum absolute atomic E-state index is 13.2. The first-order valence-corrected chi connectivity index (χ1v) is 11.6. The monoisotopic (exact) mass is 456 g/mol. The van der Waals surface area contributed by atoms with Crippen molar-refractivity contribution in [3.8, 4) is 11.5 Å². The van der Waals surface area contributed by atoms with E-state index in [1.807, 2.05) is 6.07 Å². The van der Waals surface area contributed by atoms with Crippen LogP contribution in [0.4, 0.5) is 0 Å². The highest BCUT2D eigenvalue weighted by Gasteiger charge is 2.63. The molecular weight excluding hydrogens is 428 g/mol. The molecule has 1 aromatic rings. The minimum Gasteiger partial charge on any atom is -0.493 e. The molecule has 3 atom stereocenters. The fourth-order valence-corrected chi connectivity index (χ4v) is 6.25. The summed E-state index contributed by atoms with van der Waals surface area (Å²) < 4.78 is 38.2. The highest BCUT2D eigenvalue weighted by molar-refractivity contribution is 7.89. The van der Waals surface area contributed by atoms with Crippen molar-refractivity contribution in [1.29, 1.82) is 0 Å². The number of carbonyl (C=O) groups excluding carboxylic acids is 1. The van der Waals surface area contributed by atoms with Gasteiger partial charge in [-0.05, 0) is 42.5 Å². The molecule has 172 valence electrons. The fourth-order valence-electron chi connectivity index (χ4n) is 4.51. The molecule has 0 bridgehead atoms. The Labute approximate surface area is 181 Å². The van der Waals surface area contributed by atoms with Crippen LogP contribution >= 0.6 is 0 Å². The topological polar surface area (TPSA) is 134 Å². The number of carboxylic acid groups (broad SMARTS) is 1. The maximum atomic E-state index is 13.2. The van der Waals surface area contributed by atoms with Crippen LogP contribution in [0.15, 0.2) is 12.1 Å². The number of sulfonamides is 1. The number of carboxylic acids is 1. The van der Waals surface area contributed by atoms with Crippen molar-refractivity contribution in [2.24, 2.45) is 11.3 Å². The van der Waals surface area contributed by atoms with Gasteiger partial charge in [0, 0.05) is 19.0 Å². The molecule has 0 spiro atoms. The number of carbonyl (C=O) groups is 2. The largest absolute Gasteiger partial charge is 0.493 e. The molecule has 31 heavy (non-hydrogen) atoms. The quantitative estimate of drug-likeness (QED) is 0.304. The van der Waals surface area contributed by atoms with Crippen LogP contribution in [0.2, 0.25) is 0 Å². The third kappa shape index (κ3) is 4.21. The van der Waals surface area contributed by atoms with Crippen molar-refractivity contribution in [1.82, 2.24) is 9.37 Å². The minimum absolute atomic E-state index is 0.111. The summed E-state index contributed by atoms with van der Waals surface area (Å²) in [4.78, 5) is 22.9. The van der Waals surface area contributed by atoms with Crippen molar-refractivity contribution >= 4 is 22.4 Å². The van der Waals surface area contributed by atoms with E-state index in [0.717, 1.165) is 11.1 Å². The zero-order valence-electron chi connectivity index (χ0n) is 17.8. The van der Waals surface area contributed by atoms with E-state index in [1.54, 1.807) is 13.0 Å². The number of rotatable bonds is 10. The summed E-state index contributed by atoms with van der Waals surface area (Å²) in [7, 11) is -0.867. The number of methoxy groups -OCH3 is 2. The Balaban J connectivity index is 1.83. The summed E-state index contributed by atoms with van der Waals surface area (Å²) in [6.45, 7) is 2.04. The summed E-state index contributed by atoms with van der Waals surface area (Å²) in [5.74, 6) is -1.17. The average Bonchev–Trinajstić information content (AvgIpc) is 3.51. The minimum atomic E-state index is -3.90. The second-order valence-corrected chi connectivity index (χ2v) is 10.0. The van der Waals surface area contributed by atoms with Gasteiger partial charge in [0.2, 0.25) is 16.4 Å². The molecule has 1 heterocycles. The van der Waals surface area contributed by atoms with Gasteiger partial charge in [-0.25, -0.2) is 13.5 Å². The number of aliphatic carboxylic acids is 1. The first kappa shape index (κ1) is 23.3. The Morgan fingerprint density at radius 3 is 2.42 bits per heavy atom. The number of ether oxygens (including phenoxy) is 2. The van der Waals surface area contributed by atoms with E-state index < -0.39 is 39.1 Å². The average molecular weight is 457 g/mol. The molecule has 1 aliphatic heterocycles.